The van der Waals surface area contributed by atoms with Gasteiger partial charge in [-0.15, -0.1) is 10.2 Å². The van der Waals surface area contributed by atoms with Crippen LogP contribution in [0.15, 0.2) is 36.5 Å². The zero-order chi connectivity index (χ0) is 24.4. The lowest BCUT2D eigenvalue weighted by Gasteiger charge is -2.16. The molecule has 0 bridgehead atoms. The number of benzene rings is 1. The average Bonchev–Trinajstić information content (AvgIpc) is 3.42. The maximum atomic E-state index is 12.9. The number of carbonyl (C=O) groups excluding carboxylic acids is 3. The number of Topliss-reactive ketones (excluding diaryl/α,β-unsaturated/α-hetero) is 1. The average molecular weight is 463 g/mol. The highest BCUT2D eigenvalue weighted by Gasteiger charge is 2.27. The number of anilines is 1. The second-order valence-electron chi connectivity index (χ2n) is 7.89. The summed E-state index contributed by atoms with van der Waals surface area (Å²) in [6.45, 7) is 7.67. The second-order valence-corrected chi connectivity index (χ2v) is 7.89. The van der Waals surface area contributed by atoms with Gasteiger partial charge in [0, 0.05) is 30.8 Å². The minimum Gasteiger partial charge on any atom is -0.477 e. The van der Waals surface area contributed by atoms with Crippen LogP contribution in [-0.2, 0) is 16.0 Å². The first kappa shape index (κ1) is 23.1. The molecule has 1 aromatic carbocycles. The standard InChI is InChI=1S/C24H25N5O5/c1-5-33-22-9-8-21(26-27-22)29-14(2)19(13-25-29)24(32)34-15(3)23(31)18-6-7-20-17(12-18)10-11-28(20)16(4)30/h6-9,12-13,15H,5,10-11H2,1-4H3/t15-/m1/s1. The smallest absolute Gasteiger partial charge is 0.342 e. The van der Waals surface area contributed by atoms with Crippen LogP contribution in [0.5, 0.6) is 5.88 Å². The van der Waals surface area contributed by atoms with Crippen LogP contribution in [0.25, 0.3) is 5.82 Å². The Bertz CT molecular complexity index is 1250. The fraction of sp³-hybridized carbons (Fsp3) is 0.333. The third-order valence-corrected chi connectivity index (χ3v) is 5.66. The summed E-state index contributed by atoms with van der Waals surface area (Å²) in [5.41, 5.74) is 2.90. The number of carbonyl (C=O) groups is 3. The summed E-state index contributed by atoms with van der Waals surface area (Å²) in [5, 5.41) is 12.2. The van der Waals surface area contributed by atoms with Crippen LogP contribution >= 0.6 is 0 Å². The normalized spacial score (nSPS) is 13.4. The number of nitrogens with zero attached hydrogens (tertiary/aromatic N) is 5. The molecule has 10 heteroatoms. The monoisotopic (exact) mass is 463 g/mol. The Balaban J connectivity index is 1.46. The molecule has 0 N–H and O–H groups in total. The molecule has 0 radical (unpaired) electrons. The van der Waals surface area contributed by atoms with Crippen LogP contribution in [0, 0.1) is 6.92 Å². The van der Waals surface area contributed by atoms with E-state index in [1.54, 1.807) is 42.2 Å². The van der Waals surface area contributed by atoms with Gasteiger partial charge in [0.25, 0.3) is 0 Å². The fourth-order valence-electron chi connectivity index (χ4n) is 3.89. The molecule has 2 aromatic heterocycles. The number of ether oxygens (including phenoxy) is 2. The number of aromatic nitrogens is 4. The molecule has 1 aliphatic heterocycles. The third kappa shape index (κ3) is 4.39. The van der Waals surface area contributed by atoms with Crippen molar-refractivity contribution in [3.8, 4) is 11.7 Å². The van der Waals surface area contributed by atoms with Gasteiger partial charge in [0.2, 0.25) is 17.6 Å². The summed E-state index contributed by atoms with van der Waals surface area (Å²) in [5.74, 6) is -0.204. The van der Waals surface area contributed by atoms with E-state index in [1.165, 1.54) is 24.7 Å². The highest BCUT2D eigenvalue weighted by atomic mass is 16.5. The summed E-state index contributed by atoms with van der Waals surface area (Å²) < 4.78 is 12.2. The van der Waals surface area contributed by atoms with Gasteiger partial charge >= 0.3 is 5.97 Å². The topological polar surface area (TPSA) is 117 Å². The van der Waals surface area contributed by atoms with Gasteiger partial charge in [0.05, 0.1) is 18.5 Å². The van der Waals surface area contributed by atoms with Gasteiger partial charge in [-0.25, -0.2) is 9.48 Å². The molecular formula is C24H25N5O5. The van der Waals surface area contributed by atoms with Crippen molar-refractivity contribution in [2.75, 3.05) is 18.1 Å². The summed E-state index contributed by atoms with van der Waals surface area (Å²) in [6.07, 6.45) is 1.05. The molecule has 3 aromatic rings. The number of ketones is 1. The first-order chi connectivity index (χ1) is 16.3. The van der Waals surface area contributed by atoms with Crippen LogP contribution in [0.1, 0.15) is 52.7 Å². The molecule has 176 valence electrons. The highest BCUT2D eigenvalue weighted by molar-refractivity contribution is 6.03. The Morgan fingerprint density at radius 3 is 2.62 bits per heavy atom. The second kappa shape index (κ2) is 9.42. The molecule has 34 heavy (non-hydrogen) atoms. The zero-order valence-electron chi connectivity index (χ0n) is 19.4. The van der Waals surface area contributed by atoms with Gasteiger partial charge < -0.3 is 14.4 Å². The molecule has 0 spiro atoms. The molecule has 0 saturated carbocycles. The van der Waals surface area contributed by atoms with Crippen LogP contribution in [0.2, 0.25) is 0 Å². The summed E-state index contributed by atoms with van der Waals surface area (Å²) >= 11 is 0. The summed E-state index contributed by atoms with van der Waals surface area (Å²) in [6, 6.07) is 8.52. The van der Waals surface area contributed by atoms with Crippen molar-refractivity contribution in [1.82, 2.24) is 20.0 Å². The zero-order valence-corrected chi connectivity index (χ0v) is 19.4. The first-order valence-corrected chi connectivity index (χ1v) is 11.0. The maximum absolute atomic E-state index is 12.9. The molecule has 10 nitrogen and oxygen atoms in total. The quantitative estimate of drug-likeness (QED) is 0.388. The SMILES string of the molecule is CCOc1ccc(-n2ncc(C(=O)O[C@H](C)C(=O)c3ccc4c(c3)CCN4C(C)=O)c2C)nn1. The third-order valence-electron chi connectivity index (χ3n) is 5.66. The molecule has 0 fully saturated rings. The minimum atomic E-state index is -0.996. The number of rotatable bonds is 7. The highest BCUT2D eigenvalue weighted by Crippen LogP contribution is 2.29. The Morgan fingerprint density at radius 1 is 1.15 bits per heavy atom. The van der Waals surface area contributed by atoms with E-state index < -0.39 is 12.1 Å². The minimum absolute atomic E-state index is 0.0349. The predicted molar refractivity (Wildman–Crippen MR) is 122 cm³/mol. The van der Waals surface area contributed by atoms with Gasteiger partial charge in [-0.05, 0) is 57.0 Å². The predicted octanol–water partition coefficient (Wildman–Crippen LogP) is 2.71. The maximum Gasteiger partial charge on any atom is 0.342 e. The van der Waals surface area contributed by atoms with E-state index in [0.717, 1.165) is 11.3 Å². The van der Waals surface area contributed by atoms with E-state index in [1.807, 2.05) is 6.92 Å². The lowest BCUT2D eigenvalue weighted by Crippen LogP contribution is -2.26. The molecule has 4 rings (SSSR count). The molecule has 1 amide bonds. The number of esters is 1. The number of fused-ring (bicyclic) bond motifs is 1. The number of hydrogen-bond acceptors (Lipinski definition) is 8. The van der Waals surface area contributed by atoms with Gasteiger partial charge in [0.15, 0.2) is 11.9 Å². The molecule has 3 heterocycles. The van der Waals surface area contributed by atoms with Crippen molar-refractivity contribution in [2.45, 2.75) is 40.2 Å². The number of amides is 1. The van der Waals surface area contributed by atoms with Gasteiger partial charge in [0.1, 0.15) is 5.56 Å². The van der Waals surface area contributed by atoms with Gasteiger partial charge in [-0.1, -0.05) is 0 Å². The van der Waals surface area contributed by atoms with E-state index in [0.29, 0.717) is 42.5 Å². The van der Waals surface area contributed by atoms with Crippen LogP contribution < -0.4 is 9.64 Å². The molecular weight excluding hydrogens is 438 g/mol. The first-order valence-electron chi connectivity index (χ1n) is 11.0. The Kier molecular flexibility index (Phi) is 6.40. The molecule has 0 saturated heterocycles. The fourth-order valence-corrected chi connectivity index (χ4v) is 3.89. The van der Waals surface area contributed by atoms with Crippen molar-refractivity contribution in [3.05, 3.63) is 58.9 Å². The molecule has 0 unspecified atom stereocenters. The van der Waals surface area contributed by atoms with Crippen LogP contribution in [-0.4, -0.2) is 56.9 Å². The Hall–Kier alpha value is -4.08. The number of hydrogen-bond donors (Lipinski definition) is 0. The van der Waals surface area contributed by atoms with Crippen molar-refractivity contribution in [1.29, 1.82) is 0 Å². The van der Waals surface area contributed by atoms with E-state index in [9.17, 15) is 14.4 Å². The Labute approximate surface area is 196 Å². The molecule has 1 atom stereocenters. The van der Waals surface area contributed by atoms with Crippen LogP contribution in [0.4, 0.5) is 5.69 Å². The van der Waals surface area contributed by atoms with Crippen molar-refractivity contribution >= 4 is 23.3 Å². The Morgan fingerprint density at radius 2 is 1.94 bits per heavy atom. The van der Waals surface area contributed by atoms with E-state index in [4.69, 9.17) is 9.47 Å². The van der Waals surface area contributed by atoms with E-state index in [2.05, 4.69) is 15.3 Å². The largest absolute Gasteiger partial charge is 0.477 e. The van der Waals surface area contributed by atoms with E-state index >= 15 is 0 Å². The van der Waals surface area contributed by atoms with Gasteiger partial charge in [-0.3, -0.25) is 9.59 Å². The van der Waals surface area contributed by atoms with Crippen molar-refractivity contribution < 1.29 is 23.9 Å². The van der Waals surface area contributed by atoms with E-state index in [-0.39, 0.29) is 17.3 Å². The van der Waals surface area contributed by atoms with Crippen molar-refractivity contribution in [3.63, 3.8) is 0 Å². The molecule has 1 aliphatic rings. The van der Waals surface area contributed by atoms with Gasteiger partial charge in [-0.2, -0.15) is 5.10 Å². The molecule has 0 aliphatic carbocycles. The lowest BCUT2D eigenvalue weighted by atomic mass is 10.0. The summed E-state index contributed by atoms with van der Waals surface area (Å²) in [4.78, 5) is 39.1. The van der Waals surface area contributed by atoms with Crippen molar-refractivity contribution in [2.24, 2.45) is 0 Å². The van der Waals surface area contributed by atoms with Crippen LogP contribution in [0.3, 0.4) is 0 Å². The lowest BCUT2D eigenvalue weighted by molar-refractivity contribution is -0.116. The summed E-state index contributed by atoms with van der Waals surface area (Å²) in [7, 11) is 0.